The highest BCUT2D eigenvalue weighted by molar-refractivity contribution is 5.82. The zero-order chi connectivity index (χ0) is 12.3. The predicted octanol–water partition coefficient (Wildman–Crippen LogP) is 1.24. The number of amides is 2. The van der Waals surface area contributed by atoms with E-state index in [0.717, 1.165) is 6.42 Å². The zero-order valence-electron chi connectivity index (χ0n) is 10.1. The fraction of sp³-hybridized carbons (Fsp3) is 0.818. The van der Waals surface area contributed by atoms with Crippen molar-refractivity contribution in [1.29, 1.82) is 0 Å². The number of carboxylic acids is 1. The van der Waals surface area contributed by atoms with Crippen LogP contribution in [0.4, 0.5) is 4.79 Å². The average molecular weight is 228 g/mol. The van der Waals surface area contributed by atoms with Crippen molar-refractivity contribution in [2.45, 2.75) is 32.7 Å². The largest absolute Gasteiger partial charge is 0.480 e. The maximum atomic E-state index is 11.9. The summed E-state index contributed by atoms with van der Waals surface area (Å²) in [6, 6.07) is -0.841. The summed E-state index contributed by atoms with van der Waals surface area (Å²) in [4.78, 5) is 26.1. The van der Waals surface area contributed by atoms with Crippen molar-refractivity contribution < 1.29 is 14.7 Å². The first kappa shape index (κ1) is 12.8. The second kappa shape index (κ2) is 5.18. The number of hydrogen-bond donors (Lipinski definition) is 1. The molecule has 1 aliphatic heterocycles. The molecule has 92 valence electrons. The van der Waals surface area contributed by atoms with Crippen molar-refractivity contribution >= 4 is 12.0 Å². The molecule has 0 aromatic heterocycles. The predicted molar refractivity (Wildman–Crippen MR) is 60.2 cm³/mol. The van der Waals surface area contributed by atoms with Gasteiger partial charge in [-0.2, -0.15) is 0 Å². The maximum absolute atomic E-state index is 11.9. The number of hydrogen-bond acceptors (Lipinski definition) is 2. The molecule has 5 heteroatoms. The van der Waals surface area contributed by atoms with Crippen LogP contribution in [0, 0.1) is 5.92 Å². The summed E-state index contributed by atoms with van der Waals surface area (Å²) < 4.78 is 0. The summed E-state index contributed by atoms with van der Waals surface area (Å²) >= 11 is 0. The van der Waals surface area contributed by atoms with E-state index in [1.165, 1.54) is 4.90 Å². The number of carbonyl (C=O) groups excluding carboxylic acids is 1. The summed E-state index contributed by atoms with van der Waals surface area (Å²) in [6.45, 7) is 5.04. The molecule has 0 aliphatic carbocycles. The van der Waals surface area contributed by atoms with Gasteiger partial charge in [0.2, 0.25) is 0 Å². The van der Waals surface area contributed by atoms with E-state index < -0.39 is 12.0 Å². The summed E-state index contributed by atoms with van der Waals surface area (Å²) in [5, 5.41) is 9.12. The molecule has 1 saturated heterocycles. The minimum atomic E-state index is -0.899. The molecule has 0 aromatic carbocycles. The SMILES string of the molecule is CCN(C)C(=O)N1CCC(C)CC1C(=O)O. The van der Waals surface area contributed by atoms with Gasteiger partial charge in [0.25, 0.3) is 0 Å². The molecule has 1 N–H and O–H groups in total. The van der Waals surface area contributed by atoms with Crippen LogP contribution in [0.2, 0.25) is 0 Å². The number of carbonyl (C=O) groups is 2. The Kier molecular flexibility index (Phi) is 4.15. The van der Waals surface area contributed by atoms with Crippen LogP contribution in [0.5, 0.6) is 0 Å². The van der Waals surface area contributed by atoms with Crippen molar-refractivity contribution in [3.63, 3.8) is 0 Å². The molecule has 1 aliphatic rings. The molecule has 2 atom stereocenters. The third-order valence-corrected chi connectivity index (χ3v) is 3.20. The van der Waals surface area contributed by atoms with Crippen molar-refractivity contribution in [3.05, 3.63) is 0 Å². The Bertz CT molecular complexity index is 280. The summed E-state index contributed by atoms with van der Waals surface area (Å²) in [6.07, 6.45) is 1.44. The van der Waals surface area contributed by atoms with Gasteiger partial charge in [0, 0.05) is 20.1 Å². The van der Waals surface area contributed by atoms with Gasteiger partial charge in [-0.1, -0.05) is 6.92 Å². The fourth-order valence-corrected chi connectivity index (χ4v) is 1.96. The molecule has 2 unspecified atom stereocenters. The van der Waals surface area contributed by atoms with Crippen molar-refractivity contribution in [2.24, 2.45) is 5.92 Å². The molecular weight excluding hydrogens is 208 g/mol. The molecule has 0 bridgehead atoms. The highest BCUT2D eigenvalue weighted by atomic mass is 16.4. The topological polar surface area (TPSA) is 60.9 Å². The monoisotopic (exact) mass is 228 g/mol. The Morgan fingerprint density at radius 2 is 2.12 bits per heavy atom. The first-order valence-electron chi connectivity index (χ1n) is 5.71. The Morgan fingerprint density at radius 1 is 1.50 bits per heavy atom. The van der Waals surface area contributed by atoms with E-state index in [-0.39, 0.29) is 6.03 Å². The quantitative estimate of drug-likeness (QED) is 0.773. The van der Waals surface area contributed by atoms with Gasteiger partial charge in [-0.05, 0) is 25.7 Å². The lowest BCUT2D eigenvalue weighted by atomic mass is 9.93. The van der Waals surface area contributed by atoms with Crippen LogP contribution in [0.1, 0.15) is 26.7 Å². The Morgan fingerprint density at radius 3 is 2.62 bits per heavy atom. The number of nitrogens with zero attached hydrogens (tertiary/aromatic N) is 2. The normalized spacial score (nSPS) is 25.3. The molecule has 1 heterocycles. The third kappa shape index (κ3) is 2.65. The highest BCUT2D eigenvalue weighted by Crippen LogP contribution is 2.23. The lowest BCUT2D eigenvalue weighted by Crippen LogP contribution is -2.53. The van der Waals surface area contributed by atoms with Crippen LogP contribution in [-0.4, -0.2) is 53.1 Å². The molecule has 16 heavy (non-hydrogen) atoms. The Hall–Kier alpha value is -1.26. The molecule has 5 nitrogen and oxygen atoms in total. The van der Waals surface area contributed by atoms with Crippen LogP contribution in [0.3, 0.4) is 0 Å². The van der Waals surface area contributed by atoms with Gasteiger partial charge in [-0.3, -0.25) is 0 Å². The van der Waals surface area contributed by atoms with Crippen LogP contribution >= 0.6 is 0 Å². The maximum Gasteiger partial charge on any atom is 0.326 e. The molecule has 0 aromatic rings. The number of carboxylic acid groups (broad SMARTS) is 1. The second-order valence-electron chi connectivity index (χ2n) is 4.47. The number of rotatable bonds is 2. The summed E-state index contributed by atoms with van der Waals surface area (Å²) in [5.41, 5.74) is 0. The minimum Gasteiger partial charge on any atom is -0.480 e. The lowest BCUT2D eigenvalue weighted by molar-refractivity contribution is -0.144. The number of aliphatic carboxylic acids is 1. The smallest absolute Gasteiger partial charge is 0.326 e. The molecule has 0 saturated carbocycles. The van der Waals surface area contributed by atoms with Crippen molar-refractivity contribution in [2.75, 3.05) is 20.1 Å². The third-order valence-electron chi connectivity index (χ3n) is 3.20. The molecule has 0 spiro atoms. The van der Waals surface area contributed by atoms with Crippen LogP contribution in [0.25, 0.3) is 0 Å². The van der Waals surface area contributed by atoms with E-state index in [9.17, 15) is 9.59 Å². The average Bonchev–Trinajstić information content (AvgIpc) is 2.26. The van der Waals surface area contributed by atoms with E-state index in [4.69, 9.17) is 5.11 Å². The van der Waals surface area contributed by atoms with E-state index in [1.807, 2.05) is 13.8 Å². The lowest BCUT2D eigenvalue weighted by Gasteiger charge is -2.37. The van der Waals surface area contributed by atoms with E-state index in [1.54, 1.807) is 11.9 Å². The molecule has 1 rings (SSSR count). The number of urea groups is 1. The highest BCUT2D eigenvalue weighted by Gasteiger charge is 2.35. The van der Waals surface area contributed by atoms with Gasteiger partial charge in [-0.15, -0.1) is 0 Å². The van der Waals surface area contributed by atoms with E-state index >= 15 is 0 Å². The standard InChI is InChI=1S/C11H20N2O3/c1-4-12(3)11(16)13-6-5-8(2)7-9(13)10(14)15/h8-9H,4-7H2,1-3H3,(H,14,15). The second-order valence-corrected chi connectivity index (χ2v) is 4.47. The molecule has 1 fully saturated rings. The van der Waals surface area contributed by atoms with Crippen LogP contribution in [0.15, 0.2) is 0 Å². The van der Waals surface area contributed by atoms with Gasteiger partial charge in [0.05, 0.1) is 0 Å². The first-order valence-corrected chi connectivity index (χ1v) is 5.71. The molecule has 2 amide bonds. The van der Waals surface area contributed by atoms with Crippen molar-refractivity contribution in [3.8, 4) is 0 Å². The number of likely N-dealkylation sites (tertiary alicyclic amines) is 1. The Balaban J connectivity index is 2.76. The van der Waals surface area contributed by atoms with Gasteiger partial charge in [0.15, 0.2) is 0 Å². The fourth-order valence-electron chi connectivity index (χ4n) is 1.96. The van der Waals surface area contributed by atoms with Gasteiger partial charge < -0.3 is 14.9 Å². The van der Waals surface area contributed by atoms with Gasteiger partial charge in [-0.25, -0.2) is 9.59 Å². The van der Waals surface area contributed by atoms with Crippen LogP contribution in [-0.2, 0) is 4.79 Å². The summed E-state index contributed by atoms with van der Waals surface area (Å²) in [5.74, 6) is -0.526. The first-order chi connectivity index (χ1) is 7.47. The number of piperidine rings is 1. The minimum absolute atomic E-state index is 0.179. The van der Waals surface area contributed by atoms with E-state index in [2.05, 4.69) is 0 Å². The molecule has 0 radical (unpaired) electrons. The van der Waals surface area contributed by atoms with Crippen molar-refractivity contribution in [1.82, 2.24) is 9.80 Å². The van der Waals surface area contributed by atoms with E-state index in [0.29, 0.717) is 25.4 Å². The van der Waals surface area contributed by atoms with Gasteiger partial charge in [0.1, 0.15) is 6.04 Å². The Labute approximate surface area is 96.0 Å². The molecular formula is C11H20N2O3. The van der Waals surface area contributed by atoms with Crippen LogP contribution < -0.4 is 0 Å². The zero-order valence-corrected chi connectivity index (χ0v) is 10.1. The summed E-state index contributed by atoms with van der Waals surface area (Å²) in [7, 11) is 1.69. The van der Waals surface area contributed by atoms with Gasteiger partial charge >= 0.3 is 12.0 Å².